The molecule has 0 spiro atoms. The van der Waals surface area contributed by atoms with Gasteiger partial charge in [-0.05, 0) is 140 Å². The third kappa shape index (κ3) is 7.40. The van der Waals surface area contributed by atoms with E-state index in [4.69, 9.17) is 0 Å². The van der Waals surface area contributed by atoms with E-state index in [1.165, 1.54) is 110 Å². The van der Waals surface area contributed by atoms with E-state index >= 15 is 0 Å². The Morgan fingerprint density at radius 2 is 0.982 bits per heavy atom. The number of rotatable bonds is 6. The quantitative estimate of drug-likeness (QED) is 0.164. The minimum Gasteiger partial charge on any atom is -0.310 e. The largest absolute Gasteiger partial charge is 0.310 e. The number of nitrogens with zero attached hydrogens (tertiary/aromatic N) is 1. The molecule has 1 saturated carbocycles. The molecule has 0 aromatic heterocycles. The van der Waals surface area contributed by atoms with Crippen LogP contribution in [-0.4, -0.2) is 0 Å². The van der Waals surface area contributed by atoms with E-state index in [0.29, 0.717) is 5.92 Å². The van der Waals surface area contributed by atoms with Gasteiger partial charge in [0.15, 0.2) is 0 Å². The molecular weight excluding hydrogens is 687 g/mol. The van der Waals surface area contributed by atoms with Gasteiger partial charge < -0.3 is 4.90 Å². The summed E-state index contributed by atoms with van der Waals surface area (Å²) >= 11 is 0. The van der Waals surface area contributed by atoms with Crippen LogP contribution in [-0.2, 0) is 21.7 Å². The fourth-order valence-corrected chi connectivity index (χ4v) is 9.48. The molecule has 1 fully saturated rings. The van der Waals surface area contributed by atoms with Crippen molar-refractivity contribution < 1.29 is 0 Å². The molecule has 0 N–H and O–H groups in total. The molecule has 0 saturated heterocycles. The Balaban J connectivity index is 1.25. The van der Waals surface area contributed by atoms with Crippen molar-refractivity contribution in [2.75, 3.05) is 4.90 Å². The van der Waals surface area contributed by atoms with Gasteiger partial charge in [-0.2, -0.15) is 0 Å². The van der Waals surface area contributed by atoms with E-state index in [9.17, 15) is 0 Å². The summed E-state index contributed by atoms with van der Waals surface area (Å²) in [5.74, 6) is 0.672. The number of hydrogen-bond acceptors (Lipinski definition) is 1. The van der Waals surface area contributed by atoms with Crippen molar-refractivity contribution in [1.82, 2.24) is 0 Å². The number of hydrogen-bond donors (Lipinski definition) is 0. The van der Waals surface area contributed by atoms with Gasteiger partial charge in [0.1, 0.15) is 0 Å². The third-order valence-electron chi connectivity index (χ3n) is 13.2. The summed E-state index contributed by atoms with van der Waals surface area (Å²) in [6, 6.07) is 51.8. The number of benzene rings is 6. The summed E-state index contributed by atoms with van der Waals surface area (Å²) in [6.45, 7) is 23.2. The summed E-state index contributed by atoms with van der Waals surface area (Å²) in [6.07, 6.45) is 6.67. The van der Waals surface area contributed by atoms with Crippen molar-refractivity contribution in [2.45, 2.75) is 129 Å². The minimum atomic E-state index is -0.290. The predicted molar refractivity (Wildman–Crippen MR) is 246 cm³/mol. The molecule has 6 aromatic rings. The van der Waals surface area contributed by atoms with E-state index in [2.05, 4.69) is 208 Å². The molecule has 292 valence electrons. The number of anilines is 3. The molecule has 57 heavy (non-hydrogen) atoms. The van der Waals surface area contributed by atoms with E-state index in [-0.39, 0.29) is 21.7 Å². The average Bonchev–Trinajstić information content (AvgIpc) is 3.46. The van der Waals surface area contributed by atoms with Gasteiger partial charge in [0.2, 0.25) is 0 Å². The molecule has 6 aromatic carbocycles. The van der Waals surface area contributed by atoms with Gasteiger partial charge in [0, 0.05) is 22.5 Å². The van der Waals surface area contributed by atoms with Crippen molar-refractivity contribution in [3.8, 4) is 22.3 Å². The molecule has 0 heterocycles. The van der Waals surface area contributed by atoms with Gasteiger partial charge in [-0.1, -0.05) is 179 Å². The molecule has 2 aliphatic rings. The topological polar surface area (TPSA) is 3.24 Å². The molecule has 1 nitrogen and oxygen atoms in total. The van der Waals surface area contributed by atoms with Crippen molar-refractivity contribution in [3.05, 3.63) is 172 Å². The maximum Gasteiger partial charge on any atom is 0.0465 e. The Bertz CT molecular complexity index is 2330. The van der Waals surface area contributed by atoms with Gasteiger partial charge >= 0.3 is 0 Å². The lowest BCUT2D eigenvalue weighted by atomic mass is 9.73. The van der Waals surface area contributed by atoms with E-state index in [0.717, 1.165) is 0 Å². The van der Waals surface area contributed by atoms with Crippen molar-refractivity contribution in [2.24, 2.45) is 0 Å². The molecule has 0 aliphatic heterocycles. The first kappa shape index (κ1) is 39.0. The highest BCUT2D eigenvalue weighted by atomic mass is 15.1. The van der Waals surface area contributed by atoms with Gasteiger partial charge in [-0.15, -0.1) is 0 Å². The van der Waals surface area contributed by atoms with Crippen LogP contribution >= 0.6 is 0 Å². The minimum absolute atomic E-state index is 0.0624. The standard InChI is InChI=1S/C56H63N/c1-53(2,3)42-24-26-43(27-25-42)56(10)51-19-15-14-18-49(51)50-33-32-48(37-52(50)56)57(46-28-20-39(21-29-46)38-16-12-11-13-17-38)47-30-22-40(23-31-47)41-34-44(54(4,5)6)36-45(35-41)55(7,8)9/h14-15,18-38H,11-13,16-17H2,1-10H3. The summed E-state index contributed by atoms with van der Waals surface area (Å²) in [7, 11) is 0. The maximum absolute atomic E-state index is 2.48. The lowest BCUT2D eigenvalue weighted by molar-refractivity contribution is 0.443. The zero-order valence-corrected chi connectivity index (χ0v) is 36.3. The lowest BCUT2D eigenvalue weighted by Crippen LogP contribution is -2.23. The highest BCUT2D eigenvalue weighted by Gasteiger charge is 2.41. The average molecular weight is 750 g/mol. The number of fused-ring (bicyclic) bond motifs is 3. The highest BCUT2D eigenvalue weighted by Crippen LogP contribution is 2.54. The predicted octanol–water partition coefficient (Wildman–Crippen LogP) is 16.1. The molecule has 2 aliphatic carbocycles. The third-order valence-corrected chi connectivity index (χ3v) is 13.2. The van der Waals surface area contributed by atoms with E-state index < -0.39 is 0 Å². The Kier molecular flexibility index (Phi) is 9.91. The monoisotopic (exact) mass is 749 g/mol. The van der Waals surface area contributed by atoms with Gasteiger partial charge in [-0.25, -0.2) is 0 Å². The maximum atomic E-state index is 2.48. The summed E-state index contributed by atoms with van der Waals surface area (Å²) in [4.78, 5) is 2.48. The van der Waals surface area contributed by atoms with Gasteiger partial charge in [0.05, 0.1) is 0 Å². The highest BCUT2D eigenvalue weighted by molar-refractivity contribution is 5.87. The fourth-order valence-electron chi connectivity index (χ4n) is 9.48. The first-order valence-electron chi connectivity index (χ1n) is 21.5. The summed E-state index contributed by atoms with van der Waals surface area (Å²) in [5.41, 5.74) is 18.3. The molecule has 8 rings (SSSR count). The molecule has 0 bridgehead atoms. The summed E-state index contributed by atoms with van der Waals surface area (Å²) in [5, 5.41) is 0. The fraction of sp³-hybridized carbons (Fsp3) is 0.357. The molecule has 1 unspecified atom stereocenters. The van der Waals surface area contributed by atoms with Crippen LogP contribution in [0.2, 0.25) is 0 Å². The van der Waals surface area contributed by atoms with E-state index in [1.807, 2.05) is 0 Å². The van der Waals surface area contributed by atoms with E-state index in [1.54, 1.807) is 0 Å². The molecule has 0 amide bonds. The zero-order chi connectivity index (χ0) is 40.3. The first-order chi connectivity index (χ1) is 27.0. The second-order valence-electron chi connectivity index (χ2n) is 20.3. The van der Waals surface area contributed by atoms with Crippen LogP contribution in [0.1, 0.15) is 146 Å². The van der Waals surface area contributed by atoms with Crippen LogP contribution in [0.3, 0.4) is 0 Å². The van der Waals surface area contributed by atoms with Gasteiger partial charge in [-0.3, -0.25) is 0 Å². The Labute approximate surface area is 344 Å². The smallest absolute Gasteiger partial charge is 0.0465 e. The van der Waals surface area contributed by atoms with Crippen LogP contribution in [0, 0.1) is 0 Å². The van der Waals surface area contributed by atoms with Crippen molar-refractivity contribution >= 4 is 17.1 Å². The van der Waals surface area contributed by atoms with Crippen LogP contribution in [0.25, 0.3) is 22.3 Å². The van der Waals surface area contributed by atoms with Crippen LogP contribution in [0.5, 0.6) is 0 Å². The SMILES string of the molecule is CC(C)(C)c1ccc(C2(C)c3ccccc3-c3ccc(N(c4ccc(-c5cc(C(C)(C)C)cc(C(C)(C)C)c5)cc4)c4ccc(C5CCCCC5)cc4)cc32)cc1. The molecule has 0 radical (unpaired) electrons. The van der Waals surface area contributed by atoms with Gasteiger partial charge in [0.25, 0.3) is 0 Å². The molecule has 1 heteroatoms. The zero-order valence-electron chi connectivity index (χ0n) is 36.3. The van der Waals surface area contributed by atoms with Crippen molar-refractivity contribution in [1.29, 1.82) is 0 Å². The lowest BCUT2D eigenvalue weighted by Gasteiger charge is -2.31. The van der Waals surface area contributed by atoms with Crippen molar-refractivity contribution in [3.63, 3.8) is 0 Å². The van der Waals surface area contributed by atoms with Crippen LogP contribution in [0.4, 0.5) is 17.1 Å². The Morgan fingerprint density at radius 3 is 1.56 bits per heavy atom. The van der Waals surface area contributed by atoms with Crippen LogP contribution in [0.15, 0.2) is 133 Å². The second kappa shape index (κ2) is 14.5. The normalized spacial score (nSPS) is 17.3. The first-order valence-corrected chi connectivity index (χ1v) is 21.5. The molecular formula is C56H63N. The Morgan fingerprint density at radius 1 is 0.456 bits per heavy atom. The summed E-state index contributed by atoms with van der Waals surface area (Å²) < 4.78 is 0. The molecule has 1 atom stereocenters. The Hall–Kier alpha value is -4.88. The second-order valence-corrected chi connectivity index (χ2v) is 20.3. The van der Waals surface area contributed by atoms with Crippen LogP contribution < -0.4 is 4.90 Å².